The number of halogens is 3. The van der Waals surface area contributed by atoms with E-state index in [1.165, 1.54) is 12.1 Å². The number of benzene rings is 1. The highest BCUT2D eigenvalue weighted by atomic mass is 35.5. The molecule has 3 rings (SSSR count). The Kier molecular flexibility index (Phi) is 6.45. The first kappa shape index (κ1) is 17.5. The van der Waals surface area contributed by atoms with Crippen LogP contribution in [0.15, 0.2) is 40.8 Å². The van der Waals surface area contributed by atoms with E-state index in [4.69, 9.17) is 27.6 Å². The third kappa shape index (κ3) is 4.56. The van der Waals surface area contributed by atoms with Crippen molar-refractivity contribution < 1.29 is 4.42 Å². The fourth-order valence-electron chi connectivity index (χ4n) is 2.73. The van der Waals surface area contributed by atoms with Gasteiger partial charge in [0.1, 0.15) is 5.76 Å². The van der Waals surface area contributed by atoms with Crippen LogP contribution in [0.4, 0.5) is 5.69 Å². The van der Waals surface area contributed by atoms with E-state index in [9.17, 15) is 0 Å². The molecule has 0 amide bonds. The second-order valence-electron chi connectivity index (χ2n) is 5.41. The molecule has 1 N–H and O–H groups in total. The van der Waals surface area contributed by atoms with Gasteiger partial charge < -0.3 is 14.6 Å². The molecule has 2 heterocycles. The first-order valence-electron chi connectivity index (χ1n) is 7.16. The molecule has 2 aromatic rings. The first-order valence-corrected chi connectivity index (χ1v) is 7.92. The summed E-state index contributed by atoms with van der Waals surface area (Å²) < 4.78 is 5.33. The second-order valence-corrected chi connectivity index (χ2v) is 6.22. The molecule has 1 aromatic heterocycles. The second kappa shape index (κ2) is 8.11. The van der Waals surface area contributed by atoms with Crippen LogP contribution >= 0.6 is 35.6 Å². The Morgan fingerprint density at radius 3 is 2.59 bits per heavy atom. The summed E-state index contributed by atoms with van der Waals surface area (Å²) in [5, 5.41) is 4.67. The maximum absolute atomic E-state index is 5.93. The van der Waals surface area contributed by atoms with Crippen LogP contribution in [0.5, 0.6) is 0 Å². The molecule has 0 spiro atoms. The minimum Gasteiger partial charge on any atom is -0.448 e. The topological polar surface area (TPSA) is 28.4 Å². The number of rotatable bonds is 5. The van der Waals surface area contributed by atoms with Gasteiger partial charge in [-0.25, -0.2) is 0 Å². The van der Waals surface area contributed by atoms with Gasteiger partial charge in [-0.05, 0) is 60.3 Å². The van der Waals surface area contributed by atoms with Crippen molar-refractivity contribution in [1.82, 2.24) is 5.32 Å². The molecule has 1 saturated heterocycles. The number of nitrogens with zero attached hydrogens (tertiary/aromatic N) is 1. The minimum absolute atomic E-state index is 0. The lowest BCUT2D eigenvalue weighted by Gasteiger charge is -2.18. The van der Waals surface area contributed by atoms with Gasteiger partial charge >= 0.3 is 0 Å². The number of furan rings is 1. The standard InChI is InChI=1S/C16H18Cl2N2O.ClH/c17-13-1-3-14(4-2-13)20-8-7-12(11-20)9-19-10-15-5-6-16(18)21-15;/h1-6,12,19H,7-11H2;1H. The minimum atomic E-state index is 0. The van der Waals surface area contributed by atoms with E-state index in [0.717, 1.165) is 37.0 Å². The molecule has 3 nitrogen and oxygen atoms in total. The van der Waals surface area contributed by atoms with E-state index in [1.54, 1.807) is 6.07 Å². The molecule has 6 heteroatoms. The Morgan fingerprint density at radius 1 is 1.14 bits per heavy atom. The van der Waals surface area contributed by atoms with Gasteiger partial charge in [0.25, 0.3) is 0 Å². The van der Waals surface area contributed by atoms with Crippen LogP contribution in [0.3, 0.4) is 0 Å². The number of nitrogens with one attached hydrogen (secondary N) is 1. The molecule has 22 heavy (non-hydrogen) atoms. The third-order valence-corrected chi connectivity index (χ3v) is 4.29. The summed E-state index contributed by atoms with van der Waals surface area (Å²) in [6.45, 7) is 3.89. The van der Waals surface area contributed by atoms with Crippen molar-refractivity contribution in [2.24, 2.45) is 5.92 Å². The number of hydrogen-bond donors (Lipinski definition) is 1. The van der Waals surface area contributed by atoms with Gasteiger partial charge in [-0.1, -0.05) is 11.6 Å². The summed E-state index contributed by atoms with van der Waals surface area (Å²) in [4.78, 5) is 2.41. The van der Waals surface area contributed by atoms with Crippen molar-refractivity contribution in [2.75, 3.05) is 24.5 Å². The maximum Gasteiger partial charge on any atom is 0.193 e. The van der Waals surface area contributed by atoms with Crippen LogP contribution in [0.2, 0.25) is 10.2 Å². The summed E-state index contributed by atoms with van der Waals surface area (Å²) in [6, 6.07) is 11.7. The highest BCUT2D eigenvalue weighted by molar-refractivity contribution is 6.30. The summed E-state index contributed by atoms with van der Waals surface area (Å²) >= 11 is 11.7. The van der Waals surface area contributed by atoms with Gasteiger partial charge in [-0.15, -0.1) is 12.4 Å². The van der Waals surface area contributed by atoms with Gasteiger partial charge in [0.05, 0.1) is 6.54 Å². The summed E-state index contributed by atoms with van der Waals surface area (Å²) in [7, 11) is 0. The van der Waals surface area contributed by atoms with Gasteiger partial charge in [-0.3, -0.25) is 0 Å². The fraction of sp³-hybridized carbons (Fsp3) is 0.375. The zero-order valence-corrected chi connectivity index (χ0v) is 14.4. The zero-order valence-electron chi connectivity index (χ0n) is 12.1. The molecule has 1 unspecified atom stereocenters. The van der Waals surface area contributed by atoms with Crippen molar-refractivity contribution in [3.05, 3.63) is 52.4 Å². The average molecular weight is 362 g/mol. The molecule has 1 aliphatic rings. The average Bonchev–Trinajstić information content (AvgIpc) is 3.09. The third-order valence-electron chi connectivity index (χ3n) is 3.84. The highest BCUT2D eigenvalue weighted by Crippen LogP contribution is 2.25. The molecule has 0 radical (unpaired) electrons. The van der Waals surface area contributed by atoms with Gasteiger partial charge in [0, 0.05) is 30.3 Å². The molecule has 1 atom stereocenters. The van der Waals surface area contributed by atoms with Crippen molar-refractivity contribution in [2.45, 2.75) is 13.0 Å². The summed E-state index contributed by atoms with van der Waals surface area (Å²) in [5.74, 6) is 1.54. The maximum atomic E-state index is 5.93. The van der Waals surface area contributed by atoms with E-state index < -0.39 is 0 Å². The quantitative estimate of drug-likeness (QED) is 0.842. The summed E-state index contributed by atoms with van der Waals surface area (Å²) in [6.07, 6.45) is 1.20. The molecule has 0 bridgehead atoms. The molecule has 1 fully saturated rings. The first-order chi connectivity index (χ1) is 10.2. The van der Waals surface area contributed by atoms with Crippen molar-refractivity contribution in [1.29, 1.82) is 0 Å². The lowest BCUT2D eigenvalue weighted by Crippen LogP contribution is -2.26. The van der Waals surface area contributed by atoms with E-state index in [1.807, 2.05) is 18.2 Å². The Labute approximate surface area is 147 Å². The van der Waals surface area contributed by atoms with Gasteiger partial charge in [-0.2, -0.15) is 0 Å². The van der Waals surface area contributed by atoms with Crippen LogP contribution < -0.4 is 10.2 Å². The summed E-state index contributed by atoms with van der Waals surface area (Å²) in [5.41, 5.74) is 1.25. The van der Waals surface area contributed by atoms with Crippen molar-refractivity contribution in [3.63, 3.8) is 0 Å². The Bertz CT molecular complexity index is 585. The van der Waals surface area contributed by atoms with Crippen LogP contribution in [-0.2, 0) is 6.54 Å². The fourth-order valence-corrected chi connectivity index (χ4v) is 3.02. The van der Waals surface area contributed by atoms with Crippen LogP contribution in [0.1, 0.15) is 12.2 Å². The SMILES string of the molecule is Cl.Clc1ccc(N2CCC(CNCc3ccc(Cl)o3)C2)cc1. The van der Waals surface area contributed by atoms with Crippen LogP contribution in [-0.4, -0.2) is 19.6 Å². The van der Waals surface area contributed by atoms with E-state index in [0.29, 0.717) is 11.1 Å². The lowest BCUT2D eigenvalue weighted by atomic mass is 10.1. The molecule has 0 saturated carbocycles. The number of anilines is 1. The lowest BCUT2D eigenvalue weighted by molar-refractivity contribution is 0.455. The van der Waals surface area contributed by atoms with Crippen LogP contribution in [0, 0.1) is 5.92 Å². The van der Waals surface area contributed by atoms with E-state index >= 15 is 0 Å². The predicted molar refractivity (Wildman–Crippen MR) is 94.4 cm³/mol. The zero-order chi connectivity index (χ0) is 14.7. The highest BCUT2D eigenvalue weighted by Gasteiger charge is 2.22. The van der Waals surface area contributed by atoms with Gasteiger partial charge in [0.2, 0.25) is 0 Å². The Morgan fingerprint density at radius 2 is 1.91 bits per heavy atom. The van der Waals surface area contributed by atoms with Gasteiger partial charge in [0.15, 0.2) is 5.22 Å². The molecule has 0 aliphatic carbocycles. The molecule has 120 valence electrons. The van der Waals surface area contributed by atoms with E-state index in [-0.39, 0.29) is 12.4 Å². The Balaban J connectivity index is 0.00000176. The van der Waals surface area contributed by atoms with Crippen molar-refractivity contribution >= 4 is 41.3 Å². The predicted octanol–water partition coefficient (Wildman–Crippen LogP) is 4.62. The molecule has 1 aromatic carbocycles. The van der Waals surface area contributed by atoms with E-state index in [2.05, 4.69) is 22.3 Å². The molecular formula is C16H19Cl3N2O. The Hall–Kier alpha value is -0.870. The van der Waals surface area contributed by atoms with Crippen LogP contribution in [0.25, 0.3) is 0 Å². The largest absolute Gasteiger partial charge is 0.448 e. The molecule has 1 aliphatic heterocycles. The smallest absolute Gasteiger partial charge is 0.193 e. The number of hydrogen-bond acceptors (Lipinski definition) is 3. The van der Waals surface area contributed by atoms with Crippen molar-refractivity contribution in [3.8, 4) is 0 Å². The molecular weight excluding hydrogens is 343 g/mol. The monoisotopic (exact) mass is 360 g/mol. The normalized spacial score (nSPS) is 17.5.